The van der Waals surface area contributed by atoms with E-state index in [1.165, 1.54) is 5.56 Å². The third-order valence-corrected chi connectivity index (χ3v) is 2.89. The van der Waals surface area contributed by atoms with Gasteiger partial charge in [-0.05, 0) is 29.3 Å². The molecule has 80 valence electrons. The summed E-state index contributed by atoms with van der Waals surface area (Å²) in [6.07, 6.45) is 3.30. The van der Waals surface area contributed by atoms with Gasteiger partial charge in [-0.25, -0.2) is 4.98 Å². The molecule has 2 aromatic heterocycles. The van der Waals surface area contributed by atoms with Crippen LogP contribution in [0, 0.1) is 0 Å². The van der Waals surface area contributed by atoms with Gasteiger partial charge in [-0.2, -0.15) is 16.4 Å². The highest BCUT2D eigenvalue weighted by Gasteiger charge is 2.02. The van der Waals surface area contributed by atoms with E-state index in [1.54, 1.807) is 24.0 Å². The van der Waals surface area contributed by atoms with Gasteiger partial charge in [0.2, 0.25) is 0 Å². The zero-order chi connectivity index (χ0) is 10.5. The Labute approximate surface area is 93.0 Å². The van der Waals surface area contributed by atoms with E-state index in [0.717, 1.165) is 13.1 Å². The molecule has 1 unspecified atom stereocenters. The maximum Gasteiger partial charge on any atom is 0.137 e. The number of rotatable bonds is 5. The monoisotopic (exact) mass is 222 g/mol. The first-order chi connectivity index (χ1) is 7.34. The highest BCUT2D eigenvalue weighted by atomic mass is 32.1. The molecule has 1 atom stereocenters. The molecule has 0 aliphatic rings. The Morgan fingerprint density at radius 2 is 2.53 bits per heavy atom. The third-order valence-electron chi connectivity index (χ3n) is 2.16. The molecular weight excluding hydrogens is 208 g/mol. The van der Waals surface area contributed by atoms with Crippen LogP contribution in [0.2, 0.25) is 0 Å². The number of aromatic nitrogens is 3. The summed E-state index contributed by atoms with van der Waals surface area (Å²) >= 11 is 1.73. The van der Waals surface area contributed by atoms with Crippen molar-refractivity contribution >= 4 is 11.3 Å². The van der Waals surface area contributed by atoms with Gasteiger partial charge in [0.1, 0.15) is 12.7 Å². The van der Waals surface area contributed by atoms with E-state index in [0.29, 0.717) is 6.04 Å². The second-order valence-corrected chi connectivity index (χ2v) is 4.31. The zero-order valence-corrected chi connectivity index (χ0v) is 9.44. The van der Waals surface area contributed by atoms with Crippen LogP contribution in [0.5, 0.6) is 0 Å². The molecule has 0 fully saturated rings. The molecule has 0 bridgehead atoms. The highest BCUT2D eigenvalue weighted by Crippen LogP contribution is 2.05. The molecule has 0 aliphatic heterocycles. The van der Waals surface area contributed by atoms with E-state index in [2.05, 4.69) is 39.1 Å². The lowest BCUT2D eigenvalue weighted by Gasteiger charge is -2.12. The first-order valence-corrected chi connectivity index (χ1v) is 5.86. The summed E-state index contributed by atoms with van der Waals surface area (Å²) in [7, 11) is 0. The fourth-order valence-electron chi connectivity index (χ4n) is 1.36. The van der Waals surface area contributed by atoms with Gasteiger partial charge in [-0.1, -0.05) is 0 Å². The molecule has 2 aromatic rings. The first kappa shape index (κ1) is 10.3. The van der Waals surface area contributed by atoms with Gasteiger partial charge in [0, 0.05) is 12.6 Å². The van der Waals surface area contributed by atoms with Gasteiger partial charge in [-0.15, -0.1) is 0 Å². The molecule has 0 saturated carbocycles. The van der Waals surface area contributed by atoms with Gasteiger partial charge in [0.25, 0.3) is 0 Å². The molecule has 1 N–H and O–H groups in total. The van der Waals surface area contributed by atoms with Crippen molar-refractivity contribution in [1.82, 2.24) is 20.1 Å². The summed E-state index contributed by atoms with van der Waals surface area (Å²) in [5, 5.41) is 11.8. The lowest BCUT2D eigenvalue weighted by molar-refractivity contribution is 0.450. The van der Waals surface area contributed by atoms with E-state index >= 15 is 0 Å². The van der Waals surface area contributed by atoms with Crippen LogP contribution in [0.1, 0.15) is 12.5 Å². The minimum absolute atomic E-state index is 0.395. The van der Waals surface area contributed by atoms with Crippen LogP contribution < -0.4 is 5.32 Å². The van der Waals surface area contributed by atoms with Gasteiger partial charge in [0.15, 0.2) is 0 Å². The van der Waals surface area contributed by atoms with E-state index in [1.807, 2.05) is 4.68 Å². The number of nitrogens with one attached hydrogen (secondary N) is 1. The van der Waals surface area contributed by atoms with Crippen molar-refractivity contribution < 1.29 is 0 Å². The maximum atomic E-state index is 4.07. The molecule has 4 nitrogen and oxygen atoms in total. The van der Waals surface area contributed by atoms with Crippen molar-refractivity contribution in [2.45, 2.75) is 26.1 Å². The zero-order valence-electron chi connectivity index (χ0n) is 8.63. The highest BCUT2D eigenvalue weighted by molar-refractivity contribution is 7.07. The first-order valence-electron chi connectivity index (χ1n) is 4.91. The summed E-state index contributed by atoms with van der Waals surface area (Å²) < 4.78 is 1.84. The van der Waals surface area contributed by atoms with E-state index in [4.69, 9.17) is 0 Å². The number of thiophene rings is 1. The summed E-state index contributed by atoms with van der Waals surface area (Å²) in [5.41, 5.74) is 1.34. The van der Waals surface area contributed by atoms with E-state index in [9.17, 15) is 0 Å². The predicted molar refractivity (Wildman–Crippen MR) is 60.6 cm³/mol. The molecule has 0 aliphatic carbocycles. The fourth-order valence-corrected chi connectivity index (χ4v) is 2.03. The largest absolute Gasteiger partial charge is 0.308 e. The van der Waals surface area contributed by atoms with Crippen LogP contribution in [0.4, 0.5) is 0 Å². The topological polar surface area (TPSA) is 42.7 Å². The Balaban J connectivity index is 1.76. The Morgan fingerprint density at radius 3 is 3.20 bits per heavy atom. The smallest absolute Gasteiger partial charge is 0.137 e. The third kappa shape index (κ3) is 3.14. The van der Waals surface area contributed by atoms with Crippen LogP contribution in [-0.2, 0) is 13.1 Å². The van der Waals surface area contributed by atoms with Crippen molar-refractivity contribution in [2.24, 2.45) is 0 Å². The van der Waals surface area contributed by atoms with E-state index in [-0.39, 0.29) is 0 Å². The fraction of sp³-hybridized carbons (Fsp3) is 0.400. The van der Waals surface area contributed by atoms with Crippen LogP contribution in [-0.4, -0.2) is 20.8 Å². The lowest BCUT2D eigenvalue weighted by atomic mass is 10.3. The lowest BCUT2D eigenvalue weighted by Crippen LogP contribution is -2.29. The van der Waals surface area contributed by atoms with Gasteiger partial charge in [0.05, 0.1) is 6.54 Å². The summed E-state index contributed by atoms with van der Waals surface area (Å²) in [4.78, 5) is 3.91. The normalized spacial score (nSPS) is 12.9. The van der Waals surface area contributed by atoms with Crippen LogP contribution in [0.15, 0.2) is 29.5 Å². The Morgan fingerprint density at radius 1 is 1.60 bits per heavy atom. The Kier molecular flexibility index (Phi) is 3.47. The Bertz CT molecular complexity index is 368. The van der Waals surface area contributed by atoms with Crippen molar-refractivity contribution in [3.8, 4) is 0 Å². The molecule has 15 heavy (non-hydrogen) atoms. The van der Waals surface area contributed by atoms with Gasteiger partial charge < -0.3 is 5.32 Å². The van der Waals surface area contributed by atoms with Gasteiger partial charge in [-0.3, -0.25) is 4.68 Å². The summed E-state index contributed by atoms with van der Waals surface area (Å²) in [6.45, 7) is 3.91. The van der Waals surface area contributed by atoms with Crippen molar-refractivity contribution in [1.29, 1.82) is 0 Å². The maximum absolute atomic E-state index is 4.07. The van der Waals surface area contributed by atoms with Gasteiger partial charge >= 0.3 is 0 Å². The summed E-state index contributed by atoms with van der Waals surface area (Å²) in [5.74, 6) is 0. The molecule has 0 aromatic carbocycles. The quantitative estimate of drug-likeness (QED) is 0.834. The molecule has 0 radical (unpaired) electrons. The average Bonchev–Trinajstić information content (AvgIpc) is 2.86. The van der Waals surface area contributed by atoms with Crippen LogP contribution in [0.3, 0.4) is 0 Å². The average molecular weight is 222 g/mol. The number of hydrogen-bond acceptors (Lipinski definition) is 4. The molecule has 2 heterocycles. The second-order valence-electron chi connectivity index (χ2n) is 3.53. The molecule has 5 heteroatoms. The number of nitrogens with zero attached hydrogens (tertiary/aromatic N) is 3. The van der Waals surface area contributed by atoms with E-state index < -0.39 is 0 Å². The van der Waals surface area contributed by atoms with Crippen LogP contribution in [0.25, 0.3) is 0 Å². The number of hydrogen-bond donors (Lipinski definition) is 1. The van der Waals surface area contributed by atoms with Crippen molar-refractivity contribution in [3.63, 3.8) is 0 Å². The van der Waals surface area contributed by atoms with Crippen molar-refractivity contribution in [2.75, 3.05) is 0 Å². The molecular formula is C10H14N4S. The molecule has 0 spiro atoms. The molecule has 0 saturated heterocycles. The second kappa shape index (κ2) is 5.04. The predicted octanol–water partition coefficient (Wildman–Crippen LogP) is 1.52. The summed E-state index contributed by atoms with van der Waals surface area (Å²) in [6, 6.07) is 2.53. The minimum atomic E-state index is 0.395. The SMILES string of the molecule is CC(Cn1cncn1)NCc1ccsc1. The standard InChI is InChI=1S/C10H14N4S/c1-9(5-14-8-11-7-13-14)12-4-10-2-3-15-6-10/h2-3,6-9,12H,4-5H2,1H3. The Hall–Kier alpha value is -1.20. The molecule has 2 rings (SSSR count). The van der Waals surface area contributed by atoms with Crippen LogP contribution >= 0.6 is 11.3 Å². The van der Waals surface area contributed by atoms with Crippen molar-refractivity contribution in [3.05, 3.63) is 35.0 Å². The molecule has 0 amide bonds. The minimum Gasteiger partial charge on any atom is -0.308 e.